The van der Waals surface area contributed by atoms with Gasteiger partial charge in [-0.1, -0.05) is 36.4 Å². The Kier molecular flexibility index (Phi) is 4.86. The summed E-state index contributed by atoms with van der Waals surface area (Å²) in [7, 11) is 2.86. The summed E-state index contributed by atoms with van der Waals surface area (Å²) < 4.78 is 10.1. The van der Waals surface area contributed by atoms with Crippen molar-refractivity contribution < 1.29 is 19.1 Å². The van der Waals surface area contributed by atoms with Crippen LogP contribution in [0.3, 0.4) is 0 Å². The van der Waals surface area contributed by atoms with Crippen molar-refractivity contribution in [1.82, 2.24) is 9.80 Å². The van der Waals surface area contributed by atoms with E-state index in [-0.39, 0.29) is 24.3 Å². The first kappa shape index (κ1) is 21.1. The fourth-order valence-corrected chi connectivity index (χ4v) is 6.72. The molecule has 2 heterocycles. The number of hydrogen-bond donors (Lipinski definition) is 0. The van der Waals surface area contributed by atoms with E-state index in [1.807, 2.05) is 29.2 Å². The van der Waals surface area contributed by atoms with E-state index in [0.29, 0.717) is 18.9 Å². The summed E-state index contributed by atoms with van der Waals surface area (Å²) in [4.78, 5) is 28.4. The third kappa shape index (κ3) is 2.90. The minimum absolute atomic E-state index is 0.105. The van der Waals surface area contributed by atoms with Crippen molar-refractivity contribution in [2.24, 2.45) is 10.2 Å². The Labute approximate surface area is 198 Å². The molecule has 2 unspecified atom stereocenters. The van der Waals surface area contributed by atoms with E-state index >= 15 is 0 Å². The zero-order valence-corrected chi connectivity index (χ0v) is 19.4. The van der Waals surface area contributed by atoms with E-state index < -0.39 is 5.54 Å². The van der Waals surface area contributed by atoms with E-state index in [1.165, 1.54) is 25.3 Å². The van der Waals surface area contributed by atoms with Crippen LogP contribution in [0.1, 0.15) is 41.0 Å². The monoisotopic (exact) mass is 460 g/mol. The first-order valence-electron chi connectivity index (χ1n) is 11.9. The molecule has 4 aliphatic rings. The third-order valence-corrected chi connectivity index (χ3v) is 8.26. The molecule has 4 atom stereocenters. The molecule has 0 radical (unpaired) electrons. The maximum absolute atomic E-state index is 12.5. The van der Waals surface area contributed by atoms with Gasteiger partial charge in [0.1, 0.15) is 5.54 Å². The fourth-order valence-electron chi connectivity index (χ4n) is 6.72. The summed E-state index contributed by atoms with van der Waals surface area (Å²) in [6.07, 6.45) is 2.57. The lowest BCUT2D eigenvalue weighted by atomic mass is 9.89. The normalized spacial score (nSPS) is 28.6. The van der Waals surface area contributed by atoms with Gasteiger partial charge in [0.05, 0.1) is 25.9 Å². The lowest BCUT2D eigenvalue weighted by Crippen LogP contribution is -2.42. The lowest BCUT2D eigenvalue weighted by Gasteiger charge is -2.28. The van der Waals surface area contributed by atoms with Crippen LogP contribution in [0.15, 0.2) is 52.7 Å². The number of ether oxygens (including phenoxy) is 2. The number of azo groups is 1. The zero-order valence-electron chi connectivity index (χ0n) is 19.4. The van der Waals surface area contributed by atoms with Gasteiger partial charge in [-0.25, -0.2) is 9.59 Å². The Morgan fingerprint density at radius 2 is 1.76 bits per heavy atom. The number of amides is 2. The van der Waals surface area contributed by atoms with Crippen molar-refractivity contribution in [3.8, 4) is 0 Å². The molecule has 8 heteroatoms. The number of rotatable bonds is 2. The van der Waals surface area contributed by atoms with E-state index in [9.17, 15) is 9.59 Å². The van der Waals surface area contributed by atoms with Gasteiger partial charge in [-0.2, -0.15) is 10.2 Å². The molecule has 176 valence electrons. The average Bonchev–Trinajstić information content (AvgIpc) is 3.60. The number of fused-ring (bicyclic) bond motifs is 6. The van der Waals surface area contributed by atoms with E-state index in [4.69, 9.17) is 19.7 Å². The number of likely N-dealkylation sites (tertiary alicyclic amines) is 2. The second-order valence-electron chi connectivity index (χ2n) is 9.59. The summed E-state index contributed by atoms with van der Waals surface area (Å²) >= 11 is 0. The quantitative estimate of drug-likeness (QED) is 0.616. The molecule has 0 aromatic heterocycles. The van der Waals surface area contributed by atoms with Gasteiger partial charge in [-0.15, -0.1) is 0 Å². The highest BCUT2D eigenvalue weighted by Gasteiger charge is 2.56. The molecule has 0 bridgehead atoms. The molecule has 2 aliphatic carbocycles. The molecule has 0 saturated carbocycles. The van der Waals surface area contributed by atoms with Crippen molar-refractivity contribution in [3.05, 3.63) is 64.7 Å². The van der Waals surface area contributed by atoms with Crippen molar-refractivity contribution >= 4 is 17.9 Å². The second-order valence-corrected chi connectivity index (χ2v) is 9.59. The number of methoxy groups -OCH3 is 2. The predicted octanol–water partition coefficient (Wildman–Crippen LogP) is 4.54. The van der Waals surface area contributed by atoms with Gasteiger partial charge in [-0.3, -0.25) is 0 Å². The van der Waals surface area contributed by atoms with Crippen LogP contribution in [0.25, 0.3) is 0 Å². The van der Waals surface area contributed by atoms with Crippen LogP contribution < -0.4 is 0 Å². The van der Waals surface area contributed by atoms with Crippen molar-refractivity contribution in [3.63, 3.8) is 0 Å². The third-order valence-electron chi connectivity index (χ3n) is 8.26. The van der Waals surface area contributed by atoms with E-state index in [1.54, 1.807) is 4.90 Å². The van der Waals surface area contributed by atoms with E-state index in [2.05, 4.69) is 18.2 Å². The first-order valence-corrected chi connectivity index (χ1v) is 11.9. The molecule has 34 heavy (non-hydrogen) atoms. The first-order chi connectivity index (χ1) is 16.6. The molecule has 2 saturated heterocycles. The lowest BCUT2D eigenvalue weighted by molar-refractivity contribution is 0.113. The SMILES string of the molecule is COC(=O)N1CC[C@H]2c3cccc(N=N[C@]45CCN(C(=O)OC)C4Cc4ccccc45)c3CC21. The van der Waals surface area contributed by atoms with Gasteiger partial charge in [0, 0.05) is 25.0 Å². The van der Waals surface area contributed by atoms with Gasteiger partial charge < -0.3 is 19.3 Å². The molecule has 2 amide bonds. The standard InChI is InChI=1S/C26H28N4O4/c1-33-24(31)29-12-10-18-17-7-5-9-21(19(17)15-22(18)29)27-28-26-11-13-30(25(32)34-2)23(26)14-16-6-3-4-8-20(16)26/h3-9,18,22-23H,10-15H2,1-2H3/t18-,22?,23?,26-/m0/s1. The molecule has 8 nitrogen and oxygen atoms in total. The summed E-state index contributed by atoms with van der Waals surface area (Å²) in [6, 6.07) is 14.5. The van der Waals surface area contributed by atoms with Crippen LogP contribution in [-0.4, -0.2) is 61.4 Å². The Morgan fingerprint density at radius 1 is 0.971 bits per heavy atom. The van der Waals surface area contributed by atoms with Crippen molar-refractivity contribution in [1.29, 1.82) is 0 Å². The molecule has 0 spiro atoms. The largest absolute Gasteiger partial charge is 0.453 e. The summed E-state index contributed by atoms with van der Waals surface area (Å²) in [5.41, 5.74) is 5.07. The minimum atomic E-state index is -0.569. The van der Waals surface area contributed by atoms with Crippen LogP contribution in [-0.2, 0) is 27.9 Å². The van der Waals surface area contributed by atoms with Gasteiger partial charge in [0.2, 0.25) is 0 Å². The average molecular weight is 461 g/mol. The van der Waals surface area contributed by atoms with Crippen molar-refractivity contribution in [2.45, 2.75) is 49.2 Å². The Morgan fingerprint density at radius 3 is 2.59 bits per heavy atom. The van der Waals surface area contributed by atoms with Gasteiger partial charge in [-0.05, 0) is 54.0 Å². The van der Waals surface area contributed by atoms with Gasteiger partial charge >= 0.3 is 12.2 Å². The number of carbonyl (C=O) groups is 2. The van der Waals surface area contributed by atoms with Gasteiger partial charge in [0.15, 0.2) is 0 Å². The molecule has 2 aromatic carbocycles. The Hall–Kier alpha value is -3.42. The smallest absolute Gasteiger partial charge is 0.409 e. The van der Waals surface area contributed by atoms with Crippen LogP contribution >= 0.6 is 0 Å². The molecule has 2 aromatic rings. The molecule has 6 rings (SSSR count). The Balaban J connectivity index is 1.36. The predicted molar refractivity (Wildman–Crippen MR) is 124 cm³/mol. The summed E-state index contributed by atoms with van der Waals surface area (Å²) in [5.74, 6) is 0.309. The van der Waals surface area contributed by atoms with Crippen molar-refractivity contribution in [2.75, 3.05) is 27.3 Å². The number of carbonyl (C=O) groups excluding carboxylic acids is 2. The highest BCUT2D eigenvalue weighted by Crippen LogP contribution is 2.51. The number of hydrogen-bond acceptors (Lipinski definition) is 6. The topological polar surface area (TPSA) is 83.8 Å². The highest BCUT2D eigenvalue weighted by molar-refractivity contribution is 5.70. The molecule has 2 fully saturated rings. The minimum Gasteiger partial charge on any atom is -0.453 e. The second kappa shape index (κ2) is 7.82. The zero-order chi connectivity index (χ0) is 23.4. The molecular weight excluding hydrogens is 432 g/mol. The van der Waals surface area contributed by atoms with Crippen LogP contribution in [0.4, 0.5) is 15.3 Å². The molecule has 0 N–H and O–H groups in total. The fraction of sp³-hybridized carbons (Fsp3) is 0.462. The molecule has 2 aliphatic heterocycles. The molecular formula is C26H28N4O4. The Bertz CT molecular complexity index is 1200. The summed E-state index contributed by atoms with van der Waals surface area (Å²) in [5, 5.41) is 9.85. The van der Waals surface area contributed by atoms with E-state index in [0.717, 1.165) is 42.6 Å². The van der Waals surface area contributed by atoms with Crippen LogP contribution in [0.2, 0.25) is 0 Å². The highest BCUT2D eigenvalue weighted by atomic mass is 16.5. The maximum atomic E-state index is 12.5. The maximum Gasteiger partial charge on any atom is 0.409 e. The van der Waals surface area contributed by atoms with Crippen LogP contribution in [0.5, 0.6) is 0 Å². The van der Waals surface area contributed by atoms with Gasteiger partial charge in [0.25, 0.3) is 0 Å². The number of nitrogens with zero attached hydrogens (tertiary/aromatic N) is 4. The number of benzene rings is 2. The summed E-state index contributed by atoms with van der Waals surface area (Å²) in [6.45, 7) is 1.31. The van der Waals surface area contributed by atoms with Crippen LogP contribution in [0, 0.1) is 0 Å².